The quantitative estimate of drug-likeness (QED) is 0.688. The van der Waals surface area contributed by atoms with Gasteiger partial charge in [0.25, 0.3) is 0 Å². The first kappa shape index (κ1) is 10.3. The van der Waals surface area contributed by atoms with Gasteiger partial charge in [0.2, 0.25) is 0 Å². The molecule has 0 N–H and O–H groups in total. The molecule has 13 heavy (non-hydrogen) atoms. The summed E-state index contributed by atoms with van der Waals surface area (Å²) in [6.45, 7) is 3.98. The van der Waals surface area contributed by atoms with Crippen molar-refractivity contribution in [3.05, 3.63) is 33.8 Å². The van der Waals surface area contributed by atoms with Crippen LogP contribution in [0.1, 0.15) is 24.5 Å². The molecule has 0 saturated carbocycles. The van der Waals surface area contributed by atoms with Crippen LogP contribution in [-0.4, -0.2) is 0 Å². The lowest BCUT2D eigenvalue weighted by Gasteiger charge is -2.02. The van der Waals surface area contributed by atoms with Gasteiger partial charge in [-0.15, -0.1) is 11.8 Å². The van der Waals surface area contributed by atoms with Gasteiger partial charge in [0.1, 0.15) is 0 Å². The minimum absolute atomic E-state index is 0.943. The second kappa shape index (κ2) is 5.09. The minimum atomic E-state index is 0.943. The molecule has 0 bridgehead atoms. The van der Waals surface area contributed by atoms with E-state index in [4.69, 9.17) is 0 Å². The first-order valence-corrected chi connectivity index (χ1v) is 5.18. The number of rotatable bonds is 2. The van der Waals surface area contributed by atoms with Gasteiger partial charge >= 0.3 is 0 Å². The molecule has 0 aliphatic rings. The van der Waals surface area contributed by atoms with Crippen molar-refractivity contribution >= 4 is 15.9 Å². The predicted octanol–water partition coefficient (Wildman–Crippen LogP) is 3.71. The predicted molar refractivity (Wildman–Crippen MR) is 60.7 cm³/mol. The highest BCUT2D eigenvalue weighted by Crippen LogP contribution is 2.19. The molecule has 0 radical (unpaired) electrons. The van der Waals surface area contributed by atoms with E-state index in [1.165, 1.54) is 15.6 Å². The summed E-state index contributed by atoms with van der Waals surface area (Å²) in [5, 5.41) is 0. The fourth-order valence-electron chi connectivity index (χ4n) is 1.18. The summed E-state index contributed by atoms with van der Waals surface area (Å²) in [5.41, 5.74) is 2.63. The fourth-order valence-corrected chi connectivity index (χ4v) is 1.87. The number of halogens is 1. The molecule has 0 aliphatic heterocycles. The van der Waals surface area contributed by atoms with Crippen LogP contribution >= 0.6 is 15.9 Å². The maximum Gasteiger partial charge on any atom is 0.0210 e. The zero-order chi connectivity index (χ0) is 9.68. The average Bonchev–Trinajstić information content (AvgIpc) is 2.09. The molecule has 1 aromatic rings. The molecule has 68 valence electrons. The van der Waals surface area contributed by atoms with Crippen LogP contribution in [-0.2, 0) is 6.42 Å². The maximum absolute atomic E-state index is 3.55. The summed E-state index contributed by atoms with van der Waals surface area (Å²) < 4.78 is 1.20. The van der Waals surface area contributed by atoms with E-state index in [2.05, 4.69) is 52.9 Å². The van der Waals surface area contributed by atoms with Crippen molar-refractivity contribution in [3.63, 3.8) is 0 Å². The Kier molecular flexibility index (Phi) is 4.05. The molecule has 0 saturated heterocycles. The summed E-state index contributed by atoms with van der Waals surface area (Å²) >= 11 is 3.55. The lowest BCUT2D eigenvalue weighted by Crippen LogP contribution is -1.86. The van der Waals surface area contributed by atoms with E-state index in [9.17, 15) is 0 Å². The molecule has 0 heterocycles. The van der Waals surface area contributed by atoms with Crippen molar-refractivity contribution in [2.45, 2.75) is 26.7 Å². The highest BCUT2D eigenvalue weighted by Gasteiger charge is 1.97. The average molecular weight is 237 g/mol. The molecular weight excluding hydrogens is 224 g/mol. The normalized spacial score (nSPS) is 9.15. The highest BCUT2D eigenvalue weighted by atomic mass is 79.9. The minimum Gasteiger partial charge on any atom is -0.107 e. The molecule has 0 aliphatic carbocycles. The second-order valence-electron chi connectivity index (χ2n) is 3.02. The molecule has 1 heteroatoms. The van der Waals surface area contributed by atoms with Crippen molar-refractivity contribution in [2.75, 3.05) is 0 Å². The molecule has 0 aromatic heterocycles. The van der Waals surface area contributed by atoms with E-state index in [0.29, 0.717) is 0 Å². The second-order valence-corrected chi connectivity index (χ2v) is 3.88. The van der Waals surface area contributed by atoms with Gasteiger partial charge in [0.15, 0.2) is 0 Å². The van der Waals surface area contributed by atoms with Crippen molar-refractivity contribution in [2.24, 2.45) is 0 Å². The van der Waals surface area contributed by atoms with Crippen LogP contribution in [0.2, 0.25) is 0 Å². The first-order valence-electron chi connectivity index (χ1n) is 4.38. The molecule has 0 amide bonds. The van der Waals surface area contributed by atoms with Gasteiger partial charge in [0.05, 0.1) is 0 Å². The van der Waals surface area contributed by atoms with E-state index >= 15 is 0 Å². The van der Waals surface area contributed by atoms with Crippen LogP contribution in [0.5, 0.6) is 0 Å². The molecular formula is C12H13Br. The SMILES string of the molecule is CC#CCCc1ccc(C)cc1Br. The molecule has 1 rings (SSSR count). The zero-order valence-electron chi connectivity index (χ0n) is 8.02. The molecule has 0 spiro atoms. The van der Waals surface area contributed by atoms with Gasteiger partial charge in [0, 0.05) is 10.9 Å². The summed E-state index contributed by atoms with van der Waals surface area (Å²) in [6, 6.07) is 6.45. The summed E-state index contributed by atoms with van der Waals surface area (Å²) in [7, 11) is 0. The molecule has 0 fully saturated rings. The van der Waals surface area contributed by atoms with Crippen LogP contribution in [0.3, 0.4) is 0 Å². The number of benzene rings is 1. The van der Waals surface area contributed by atoms with E-state index < -0.39 is 0 Å². The van der Waals surface area contributed by atoms with Gasteiger partial charge in [-0.25, -0.2) is 0 Å². The van der Waals surface area contributed by atoms with Gasteiger partial charge in [-0.2, -0.15) is 0 Å². The Morgan fingerprint density at radius 2 is 2.15 bits per heavy atom. The number of hydrogen-bond acceptors (Lipinski definition) is 0. The van der Waals surface area contributed by atoms with Crippen LogP contribution in [0.15, 0.2) is 22.7 Å². The lowest BCUT2D eigenvalue weighted by atomic mass is 10.1. The Morgan fingerprint density at radius 1 is 1.38 bits per heavy atom. The summed E-state index contributed by atoms with van der Waals surface area (Å²) in [4.78, 5) is 0. The summed E-state index contributed by atoms with van der Waals surface area (Å²) in [6.07, 6.45) is 1.97. The standard InChI is InChI=1S/C12H13Br/c1-3-4-5-6-11-8-7-10(2)9-12(11)13/h7-9H,5-6H2,1-2H3. The van der Waals surface area contributed by atoms with E-state index in [0.717, 1.165) is 12.8 Å². The van der Waals surface area contributed by atoms with Gasteiger partial charge in [-0.3, -0.25) is 0 Å². The third kappa shape index (κ3) is 3.24. The van der Waals surface area contributed by atoms with Crippen molar-refractivity contribution < 1.29 is 0 Å². The van der Waals surface area contributed by atoms with Crippen LogP contribution in [0, 0.1) is 18.8 Å². The van der Waals surface area contributed by atoms with Crippen molar-refractivity contribution in [1.29, 1.82) is 0 Å². The smallest absolute Gasteiger partial charge is 0.0210 e. The lowest BCUT2D eigenvalue weighted by molar-refractivity contribution is 1.02. The van der Waals surface area contributed by atoms with Crippen LogP contribution < -0.4 is 0 Å². The summed E-state index contributed by atoms with van der Waals surface area (Å²) in [5.74, 6) is 5.97. The van der Waals surface area contributed by atoms with Gasteiger partial charge < -0.3 is 0 Å². The Morgan fingerprint density at radius 3 is 2.77 bits per heavy atom. The van der Waals surface area contributed by atoms with Gasteiger partial charge in [-0.05, 0) is 37.5 Å². The third-order valence-electron chi connectivity index (χ3n) is 1.90. The monoisotopic (exact) mass is 236 g/mol. The van der Waals surface area contributed by atoms with Crippen molar-refractivity contribution in [1.82, 2.24) is 0 Å². The third-order valence-corrected chi connectivity index (χ3v) is 2.64. The Labute approximate surface area is 88.5 Å². The topological polar surface area (TPSA) is 0 Å². The van der Waals surface area contributed by atoms with Crippen molar-refractivity contribution in [3.8, 4) is 11.8 Å². The molecule has 0 nitrogen and oxygen atoms in total. The van der Waals surface area contributed by atoms with Crippen LogP contribution in [0.25, 0.3) is 0 Å². The Balaban J connectivity index is 2.70. The van der Waals surface area contributed by atoms with E-state index in [-0.39, 0.29) is 0 Å². The molecule has 0 unspecified atom stereocenters. The fraction of sp³-hybridized carbons (Fsp3) is 0.333. The zero-order valence-corrected chi connectivity index (χ0v) is 9.61. The maximum atomic E-state index is 3.55. The molecule has 1 aromatic carbocycles. The van der Waals surface area contributed by atoms with E-state index in [1.807, 2.05) is 6.92 Å². The molecule has 0 atom stereocenters. The highest BCUT2D eigenvalue weighted by molar-refractivity contribution is 9.10. The number of hydrogen-bond donors (Lipinski definition) is 0. The van der Waals surface area contributed by atoms with Gasteiger partial charge in [-0.1, -0.05) is 28.1 Å². The Hall–Kier alpha value is -0.740. The van der Waals surface area contributed by atoms with E-state index in [1.54, 1.807) is 0 Å². The Bertz CT molecular complexity index is 342. The largest absolute Gasteiger partial charge is 0.107 e. The number of aryl methyl sites for hydroxylation is 2. The first-order chi connectivity index (χ1) is 6.24. The van der Waals surface area contributed by atoms with Crippen LogP contribution in [0.4, 0.5) is 0 Å².